The summed E-state index contributed by atoms with van der Waals surface area (Å²) in [5, 5.41) is 5.42. The number of carbonyl (C=O) groups excluding carboxylic acids is 1. The number of carbonyl (C=O) groups is 1. The summed E-state index contributed by atoms with van der Waals surface area (Å²) in [5.74, 6) is 0.123. The lowest BCUT2D eigenvalue weighted by Crippen LogP contribution is -2.44. The van der Waals surface area contributed by atoms with Gasteiger partial charge in [0.25, 0.3) is 5.91 Å². The molecule has 0 N–H and O–H groups in total. The molecule has 6 nitrogen and oxygen atoms in total. The number of nitrogens with zero attached hydrogens (tertiary/aromatic N) is 5. The molecule has 1 saturated heterocycles. The number of piperidine rings is 1. The maximum atomic E-state index is 12.7. The fraction of sp³-hybridized carbons (Fsp3) is 0.389. The maximum Gasteiger partial charge on any atom is 0.253 e. The standard InChI is InChI=1S/C18H21N5OS/c1-21(2)15-7-10-22(11-8-15)17(24)14-5-3-13(4-6-14)16-20-23-12-9-19-18(23)25-16/h3-6,9,12,15H,7-8,10-11H2,1-2H3. The lowest BCUT2D eigenvalue weighted by molar-refractivity contribution is 0.0663. The molecule has 0 unspecified atom stereocenters. The lowest BCUT2D eigenvalue weighted by Gasteiger charge is -2.35. The summed E-state index contributed by atoms with van der Waals surface area (Å²) in [6, 6.07) is 8.32. The number of aromatic nitrogens is 3. The van der Waals surface area contributed by atoms with E-state index in [4.69, 9.17) is 0 Å². The van der Waals surface area contributed by atoms with Crippen molar-refractivity contribution in [2.75, 3.05) is 27.2 Å². The van der Waals surface area contributed by atoms with Crippen LogP contribution in [0.15, 0.2) is 36.7 Å². The van der Waals surface area contributed by atoms with Gasteiger partial charge in [-0.05, 0) is 39.1 Å². The molecule has 0 radical (unpaired) electrons. The molecule has 0 aliphatic carbocycles. The number of fused-ring (bicyclic) bond motifs is 1. The third-order valence-corrected chi connectivity index (χ3v) is 5.82. The Kier molecular flexibility index (Phi) is 4.27. The van der Waals surface area contributed by atoms with E-state index >= 15 is 0 Å². The Morgan fingerprint density at radius 1 is 1.20 bits per heavy atom. The summed E-state index contributed by atoms with van der Waals surface area (Å²) >= 11 is 1.54. The second-order valence-electron chi connectivity index (χ2n) is 6.63. The Morgan fingerprint density at radius 3 is 2.56 bits per heavy atom. The van der Waals surface area contributed by atoms with Crippen molar-refractivity contribution in [3.8, 4) is 10.6 Å². The molecule has 0 saturated carbocycles. The van der Waals surface area contributed by atoms with Crippen LogP contribution in [0.1, 0.15) is 23.2 Å². The van der Waals surface area contributed by atoms with Gasteiger partial charge in [-0.1, -0.05) is 23.5 Å². The average Bonchev–Trinajstić information content (AvgIpc) is 3.23. The topological polar surface area (TPSA) is 53.7 Å². The number of amides is 1. The molecule has 0 spiro atoms. The minimum Gasteiger partial charge on any atom is -0.339 e. The smallest absolute Gasteiger partial charge is 0.253 e. The molecule has 0 bridgehead atoms. The van der Waals surface area contributed by atoms with E-state index < -0.39 is 0 Å². The van der Waals surface area contributed by atoms with Crippen molar-refractivity contribution in [1.82, 2.24) is 24.4 Å². The molecule has 1 aliphatic heterocycles. The zero-order valence-corrected chi connectivity index (χ0v) is 15.2. The van der Waals surface area contributed by atoms with Crippen LogP contribution in [0.5, 0.6) is 0 Å². The molecule has 130 valence electrons. The first-order valence-electron chi connectivity index (χ1n) is 8.48. The molecule has 3 heterocycles. The van der Waals surface area contributed by atoms with Gasteiger partial charge in [0.2, 0.25) is 4.96 Å². The normalized spacial score (nSPS) is 16.0. The van der Waals surface area contributed by atoms with Gasteiger partial charge in [0, 0.05) is 36.5 Å². The number of hydrogen-bond donors (Lipinski definition) is 0. The third kappa shape index (κ3) is 3.17. The molecular weight excluding hydrogens is 334 g/mol. The van der Waals surface area contributed by atoms with Crippen molar-refractivity contribution in [3.05, 3.63) is 42.2 Å². The Hall–Kier alpha value is -2.25. The van der Waals surface area contributed by atoms with E-state index in [2.05, 4.69) is 29.1 Å². The largest absolute Gasteiger partial charge is 0.339 e. The van der Waals surface area contributed by atoms with Crippen LogP contribution in [0.25, 0.3) is 15.5 Å². The second-order valence-corrected chi connectivity index (χ2v) is 7.58. The number of likely N-dealkylation sites (tertiary alicyclic amines) is 1. The van der Waals surface area contributed by atoms with E-state index in [0.717, 1.165) is 47.0 Å². The summed E-state index contributed by atoms with van der Waals surface area (Å²) in [7, 11) is 4.22. The van der Waals surface area contributed by atoms with Gasteiger partial charge in [0.1, 0.15) is 5.01 Å². The number of hydrogen-bond acceptors (Lipinski definition) is 5. The molecule has 25 heavy (non-hydrogen) atoms. The molecule has 1 aliphatic rings. The molecule has 1 aromatic carbocycles. The van der Waals surface area contributed by atoms with Crippen LogP contribution in [0.2, 0.25) is 0 Å². The van der Waals surface area contributed by atoms with Crippen LogP contribution in [0, 0.1) is 0 Å². The van der Waals surface area contributed by atoms with E-state index in [1.54, 1.807) is 22.0 Å². The molecule has 1 amide bonds. The van der Waals surface area contributed by atoms with E-state index in [-0.39, 0.29) is 5.91 Å². The molecule has 7 heteroatoms. The quantitative estimate of drug-likeness (QED) is 0.725. The first kappa shape index (κ1) is 16.2. The molecule has 3 aromatic rings. The van der Waals surface area contributed by atoms with Crippen LogP contribution in [-0.4, -0.2) is 63.5 Å². The first-order valence-corrected chi connectivity index (χ1v) is 9.30. The predicted molar refractivity (Wildman–Crippen MR) is 98.9 cm³/mol. The zero-order chi connectivity index (χ0) is 17.4. The summed E-state index contributed by atoms with van der Waals surface area (Å²) in [6.07, 6.45) is 5.65. The number of benzene rings is 1. The highest BCUT2D eigenvalue weighted by Crippen LogP contribution is 2.25. The minimum absolute atomic E-state index is 0.123. The highest BCUT2D eigenvalue weighted by molar-refractivity contribution is 7.19. The second kappa shape index (κ2) is 6.57. The zero-order valence-electron chi connectivity index (χ0n) is 14.4. The maximum absolute atomic E-state index is 12.7. The minimum atomic E-state index is 0.123. The van der Waals surface area contributed by atoms with Crippen LogP contribution >= 0.6 is 11.3 Å². The average molecular weight is 355 g/mol. The van der Waals surface area contributed by atoms with Gasteiger partial charge >= 0.3 is 0 Å². The Morgan fingerprint density at radius 2 is 1.92 bits per heavy atom. The highest BCUT2D eigenvalue weighted by Gasteiger charge is 2.24. The third-order valence-electron chi connectivity index (χ3n) is 4.84. The van der Waals surface area contributed by atoms with Gasteiger partial charge < -0.3 is 9.80 Å². The van der Waals surface area contributed by atoms with Gasteiger partial charge in [-0.15, -0.1) is 0 Å². The number of rotatable bonds is 3. The molecule has 4 rings (SSSR count). The first-order chi connectivity index (χ1) is 12.1. The number of imidazole rings is 1. The van der Waals surface area contributed by atoms with Crippen LogP contribution in [0.4, 0.5) is 0 Å². The van der Waals surface area contributed by atoms with Crippen LogP contribution in [0.3, 0.4) is 0 Å². The van der Waals surface area contributed by atoms with E-state index in [1.807, 2.05) is 35.4 Å². The van der Waals surface area contributed by atoms with E-state index in [1.165, 1.54) is 0 Å². The lowest BCUT2D eigenvalue weighted by atomic mass is 10.0. The Balaban J connectivity index is 1.46. The van der Waals surface area contributed by atoms with Gasteiger partial charge in [-0.2, -0.15) is 5.10 Å². The summed E-state index contributed by atoms with van der Waals surface area (Å²) in [6.45, 7) is 1.65. The van der Waals surface area contributed by atoms with Crippen molar-refractivity contribution >= 4 is 22.2 Å². The molecule has 0 atom stereocenters. The van der Waals surface area contributed by atoms with Gasteiger partial charge in [-0.25, -0.2) is 9.50 Å². The van der Waals surface area contributed by atoms with E-state index in [9.17, 15) is 4.79 Å². The Bertz CT molecular complexity index is 846. The van der Waals surface area contributed by atoms with Crippen molar-refractivity contribution in [2.45, 2.75) is 18.9 Å². The molecular formula is C18H21N5OS. The van der Waals surface area contributed by atoms with Crippen LogP contribution < -0.4 is 0 Å². The van der Waals surface area contributed by atoms with Crippen molar-refractivity contribution < 1.29 is 4.79 Å². The van der Waals surface area contributed by atoms with Gasteiger partial charge in [0.15, 0.2) is 0 Å². The summed E-state index contributed by atoms with van der Waals surface area (Å²) in [5.41, 5.74) is 1.76. The fourth-order valence-corrected chi connectivity index (χ4v) is 4.14. The summed E-state index contributed by atoms with van der Waals surface area (Å²) < 4.78 is 1.77. The SMILES string of the molecule is CN(C)C1CCN(C(=O)c2ccc(-c3nn4ccnc4s3)cc2)CC1. The molecule has 2 aromatic heterocycles. The van der Waals surface area contributed by atoms with Crippen LogP contribution in [-0.2, 0) is 0 Å². The van der Waals surface area contributed by atoms with Gasteiger partial charge in [0.05, 0.1) is 6.20 Å². The Labute approximate surface area is 150 Å². The van der Waals surface area contributed by atoms with E-state index in [0.29, 0.717) is 6.04 Å². The van der Waals surface area contributed by atoms with Gasteiger partial charge in [-0.3, -0.25) is 4.79 Å². The van der Waals surface area contributed by atoms with Crippen molar-refractivity contribution in [2.24, 2.45) is 0 Å². The fourth-order valence-electron chi connectivity index (χ4n) is 3.28. The monoisotopic (exact) mass is 355 g/mol. The van der Waals surface area contributed by atoms with Crippen molar-refractivity contribution in [1.29, 1.82) is 0 Å². The highest BCUT2D eigenvalue weighted by atomic mass is 32.1. The predicted octanol–water partition coefficient (Wildman–Crippen LogP) is 2.62. The summed E-state index contributed by atoms with van der Waals surface area (Å²) in [4.78, 5) is 22.0. The van der Waals surface area contributed by atoms with Crippen molar-refractivity contribution in [3.63, 3.8) is 0 Å². The molecule has 1 fully saturated rings.